The SMILES string of the molecule is CCCCCc1cc(O)c(-c2cccc(C)c2)c(O)c1CNC(=O)O. The second kappa shape index (κ2) is 8.42. The summed E-state index contributed by atoms with van der Waals surface area (Å²) in [5.74, 6) is -0.0560. The van der Waals surface area contributed by atoms with Crippen LogP contribution < -0.4 is 5.32 Å². The van der Waals surface area contributed by atoms with Crippen LogP contribution in [0.1, 0.15) is 42.9 Å². The summed E-state index contributed by atoms with van der Waals surface area (Å²) >= 11 is 0. The Bertz CT molecular complexity index is 756. The van der Waals surface area contributed by atoms with Gasteiger partial charge in [-0.3, -0.25) is 0 Å². The van der Waals surface area contributed by atoms with Crippen molar-refractivity contribution in [1.82, 2.24) is 5.32 Å². The average Bonchev–Trinajstić information content (AvgIpc) is 2.54. The lowest BCUT2D eigenvalue weighted by Crippen LogP contribution is -2.21. The molecule has 0 radical (unpaired) electrons. The number of aromatic hydroxyl groups is 2. The van der Waals surface area contributed by atoms with Crippen LogP contribution >= 0.6 is 0 Å². The third-order valence-electron chi connectivity index (χ3n) is 4.25. The zero-order valence-electron chi connectivity index (χ0n) is 14.7. The standard InChI is InChI=1S/C20H25NO4/c1-3-4-5-8-14-11-17(22)18(15-9-6-7-13(2)10-15)19(23)16(14)12-21-20(24)25/h6-7,9-11,21-23H,3-5,8,12H2,1-2H3,(H,24,25). The van der Waals surface area contributed by atoms with Gasteiger partial charge in [-0.2, -0.15) is 0 Å². The molecular formula is C20H25NO4. The number of carboxylic acid groups (broad SMARTS) is 1. The first kappa shape index (κ1) is 18.6. The number of carbonyl (C=O) groups is 1. The minimum atomic E-state index is -1.15. The third-order valence-corrected chi connectivity index (χ3v) is 4.25. The van der Waals surface area contributed by atoms with E-state index in [0.717, 1.165) is 30.4 Å². The fraction of sp³-hybridized carbons (Fsp3) is 0.350. The van der Waals surface area contributed by atoms with Crippen LogP contribution in [0.15, 0.2) is 30.3 Å². The van der Waals surface area contributed by atoms with E-state index in [1.54, 1.807) is 6.07 Å². The molecule has 0 aromatic heterocycles. The van der Waals surface area contributed by atoms with Gasteiger partial charge in [-0.1, -0.05) is 49.6 Å². The molecule has 5 nitrogen and oxygen atoms in total. The van der Waals surface area contributed by atoms with E-state index in [2.05, 4.69) is 12.2 Å². The van der Waals surface area contributed by atoms with Crippen molar-refractivity contribution in [3.63, 3.8) is 0 Å². The largest absolute Gasteiger partial charge is 0.507 e. The molecule has 25 heavy (non-hydrogen) atoms. The maximum atomic E-state index is 10.9. The van der Waals surface area contributed by atoms with Crippen molar-refractivity contribution in [2.75, 3.05) is 0 Å². The summed E-state index contributed by atoms with van der Waals surface area (Å²) < 4.78 is 0. The van der Waals surface area contributed by atoms with Crippen LogP contribution in [0.5, 0.6) is 11.5 Å². The molecule has 0 aliphatic carbocycles. The van der Waals surface area contributed by atoms with Gasteiger partial charge in [0.2, 0.25) is 0 Å². The molecular weight excluding hydrogens is 318 g/mol. The predicted octanol–water partition coefficient (Wildman–Crippen LogP) is 4.57. The van der Waals surface area contributed by atoms with Crippen molar-refractivity contribution >= 4 is 6.09 Å². The summed E-state index contributed by atoms with van der Waals surface area (Å²) in [5.41, 5.74) is 3.34. The Kier molecular flexibility index (Phi) is 6.28. The molecule has 0 atom stereocenters. The van der Waals surface area contributed by atoms with Crippen LogP contribution in [0.3, 0.4) is 0 Å². The van der Waals surface area contributed by atoms with Crippen LogP contribution in [-0.4, -0.2) is 21.4 Å². The molecule has 1 amide bonds. The van der Waals surface area contributed by atoms with Crippen LogP contribution in [0.4, 0.5) is 4.79 Å². The number of unbranched alkanes of at least 4 members (excludes halogenated alkanes) is 2. The highest BCUT2D eigenvalue weighted by molar-refractivity contribution is 5.79. The maximum absolute atomic E-state index is 10.9. The third kappa shape index (κ3) is 4.66. The summed E-state index contributed by atoms with van der Waals surface area (Å²) in [6.07, 6.45) is 2.54. The number of hydrogen-bond acceptors (Lipinski definition) is 3. The van der Waals surface area contributed by atoms with E-state index in [1.807, 2.05) is 31.2 Å². The summed E-state index contributed by atoms with van der Waals surface area (Å²) in [5, 5.41) is 32.5. The normalized spacial score (nSPS) is 10.6. The zero-order valence-corrected chi connectivity index (χ0v) is 14.7. The van der Waals surface area contributed by atoms with Gasteiger partial charge in [-0.05, 0) is 37.0 Å². The van der Waals surface area contributed by atoms with Gasteiger partial charge < -0.3 is 20.6 Å². The van der Waals surface area contributed by atoms with Crippen LogP contribution in [0, 0.1) is 6.92 Å². The van der Waals surface area contributed by atoms with Crippen molar-refractivity contribution in [3.8, 4) is 22.6 Å². The summed E-state index contributed by atoms with van der Waals surface area (Å²) in [4.78, 5) is 10.9. The first-order valence-corrected chi connectivity index (χ1v) is 8.54. The topological polar surface area (TPSA) is 89.8 Å². The molecule has 0 saturated heterocycles. The Morgan fingerprint density at radius 3 is 2.56 bits per heavy atom. The molecule has 2 rings (SSSR count). The van der Waals surface area contributed by atoms with Gasteiger partial charge >= 0.3 is 6.09 Å². The van der Waals surface area contributed by atoms with Gasteiger partial charge in [0.05, 0.1) is 12.1 Å². The number of benzene rings is 2. The first-order valence-electron chi connectivity index (χ1n) is 8.54. The fourth-order valence-corrected chi connectivity index (χ4v) is 2.98. The maximum Gasteiger partial charge on any atom is 0.404 e. The lowest BCUT2D eigenvalue weighted by Gasteiger charge is -2.17. The molecule has 4 N–H and O–H groups in total. The van der Waals surface area contributed by atoms with E-state index >= 15 is 0 Å². The molecule has 0 unspecified atom stereocenters. The molecule has 0 aliphatic rings. The first-order chi connectivity index (χ1) is 11.9. The number of phenols is 2. The molecule has 2 aromatic rings. The van der Waals surface area contributed by atoms with Crippen LogP contribution in [0.2, 0.25) is 0 Å². The van der Waals surface area contributed by atoms with Gasteiger partial charge in [-0.25, -0.2) is 4.79 Å². The minimum absolute atomic E-state index is 0.00171. The number of hydrogen-bond donors (Lipinski definition) is 4. The molecule has 0 fully saturated rings. The van der Waals surface area contributed by atoms with E-state index in [1.165, 1.54) is 0 Å². The van der Waals surface area contributed by atoms with E-state index < -0.39 is 6.09 Å². The monoisotopic (exact) mass is 343 g/mol. The Hall–Kier alpha value is -2.69. The lowest BCUT2D eigenvalue weighted by molar-refractivity contribution is 0.194. The second-order valence-corrected chi connectivity index (χ2v) is 6.24. The van der Waals surface area contributed by atoms with Crippen LogP contribution in [0.25, 0.3) is 11.1 Å². The molecule has 2 aromatic carbocycles. The molecule has 0 heterocycles. The predicted molar refractivity (Wildman–Crippen MR) is 98.0 cm³/mol. The smallest absolute Gasteiger partial charge is 0.404 e. The van der Waals surface area contributed by atoms with Crippen molar-refractivity contribution in [1.29, 1.82) is 0 Å². The Labute approximate surface area is 148 Å². The Balaban J connectivity index is 2.50. The van der Waals surface area contributed by atoms with Gasteiger partial charge in [0.25, 0.3) is 0 Å². The molecule has 0 aliphatic heterocycles. The summed E-state index contributed by atoms with van der Waals surface area (Å²) in [7, 11) is 0. The minimum Gasteiger partial charge on any atom is -0.507 e. The highest BCUT2D eigenvalue weighted by atomic mass is 16.4. The van der Waals surface area contributed by atoms with Crippen molar-refractivity contribution in [2.24, 2.45) is 0 Å². The highest BCUT2D eigenvalue weighted by Crippen LogP contribution is 2.42. The van der Waals surface area contributed by atoms with E-state index in [4.69, 9.17) is 5.11 Å². The van der Waals surface area contributed by atoms with Gasteiger partial charge in [0.1, 0.15) is 11.5 Å². The van der Waals surface area contributed by atoms with Crippen molar-refractivity contribution in [3.05, 3.63) is 47.0 Å². The van der Waals surface area contributed by atoms with E-state index in [-0.39, 0.29) is 18.0 Å². The summed E-state index contributed by atoms with van der Waals surface area (Å²) in [6.45, 7) is 4.04. The quantitative estimate of drug-likeness (QED) is 0.554. The number of amides is 1. The molecule has 134 valence electrons. The van der Waals surface area contributed by atoms with Gasteiger partial charge in [-0.15, -0.1) is 0 Å². The Morgan fingerprint density at radius 1 is 1.16 bits per heavy atom. The van der Waals surface area contributed by atoms with Gasteiger partial charge in [0.15, 0.2) is 0 Å². The average molecular weight is 343 g/mol. The highest BCUT2D eigenvalue weighted by Gasteiger charge is 2.19. The molecule has 0 bridgehead atoms. The van der Waals surface area contributed by atoms with Crippen LogP contribution in [-0.2, 0) is 13.0 Å². The van der Waals surface area contributed by atoms with Crippen molar-refractivity contribution < 1.29 is 20.1 Å². The number of rotatable bonds is 7. The number of phenolic OH excluding ortho intramolecular Hbond substituents is 2. The summed E-state index contributed by atoms with van der Waals surface area (Å²) in [6, 6.07) is 9.12. The molecule has 0 spiro atoms. The molecule has 0 saturated carbocycles. The molecule has 5 heteroatoms. The number of nitrogens with one attached hydrogen (secondary N) is 1. The van der Waals surface area contributed by atoms with E-state index in [9.17, 15) is 15.0 Å². The Morgan fingerprint density at radius 2 is 1.92 bits per heavy atom. The van der Waals surface area contributed by atoms with Gasteiger partial charge in [0, 0.05) is 5.56 Å². The zero-order chi connectivity index (χ0) is 18.4. The van der Waals surface area contributed by atoms with E-state index in [0.29, 0.717) is 23.1 Å². The van der Waals surface area contributed by atoms with Crippen molar-refractivity contribution in [2.45, 2.75) is 46.1 Å². The fourth-order valence-electron chi connectivity index (χ4n) is 2.98. The lowest BCUT2D eigenvalue weighted by atomic mass is 9.93. The number of aryl methyl sites for hydroxylation is 2. The second-order valence-electron chi connectivity index (χ2n) is 6.24.